The van der Waals surface area contributed by atoms with Crippen LogP contribution < -0.4 is 21.7 Å². The number of nitrogens with two attached hydrogens (primary N) is 1. The summed E-state index contributed by atoms with van der Waals surface area (Å²) in [6.45, 7) is 0. The van der Waals surface area contributed by atoms with E-state index < -0.39 is 72.6 Å². The van der Waals surface area contributed by atoms with Gasteiger partial charge in [-0.25, -0.2) is 4.79 Å². The molecule has 0 aliphatic heterocycles. The normalized spacial score (nSPS) is 13.7. The summed E-state index contributed by atoms with van der Waals surface area (Å²) in [5.41, 5.74) is 7.57. The number of carboxylic acids is 3. The molecule has 0 aliphatic carbocycles. The molecule has 3 rings (SSSR count). The van der Waals surface area contributed by atoms with Gasteiger partial charge in [0.05, 0.1) is 18.9 Å². The van der Waals surface area contributed by atoms with Crippen LogP contribution in [-0.2, 0) is 41.6 Å². The van der Waals surface area contributed by atoms with Gasteiger partial charge in [-0.2, -0.15) is 0 Å². The molecule has 0 aliphatic rings. The van der Waals surface area contributed by atoms with E-state index in [0.717, 1.165) is 10.9 Å². The molecule has 4 unspecified atom stereocenters. The molecule has 0 fully saturated rings. The quantitative estimate of drug-likeness (QED) is 0.117. The van der Waals surface area contributed by atoms with E-state index in [1.54, 1.807) is 60.8 Å². The Morgan fingerprint density at radius 2 is 1.26 bits per heavy atom. The van der Waals surface area contributed by atoms with Crippen molar-refractivity contribution in [3.8, 4) is 0 Å². The largest absolute Gasteiger partial charge is 0.481 e. The first-order valence-electron chi connectivity index (χ1n) is 12.9. The predicted octanol–water partition coefficient (Wildman–Crippen LogP) is -0.231. The Bertz CT molecular complexity index is 1460. The van der Waals surface area contributed by atoms with E-state index in [2.05, 4.69) is 20.9 Å². The molecule has 0 saturated carbocycles. The van der Waals surface area contributed by atoms with E-state index in [4.69, 9.17) is 10.8 Å². The lowest BCUT2D eigenvalue weighted by Crippen LogP contribution is -2.58. The van der Waals surface area contributed by atoms with Crippen LogP contribution in [0.5, 0.6) is 0 Å². The number of hydrogen-bond donors (Lipinski definition) is 8. The zero-order valence-electron chi connectivity index (χ0n) is 22.3. The van der Waals surface area contributed by atoms with Crippen molar-refractivity contribution in [1.82, 2.24) is 20.9 Å². The van der Waals surface area contributed by atoms with Crippen LogP contribution in [0.15, 0.2) is 60.8 Å². The summed E-state index contributed by atoms with van der Waals surface area (Å²) in [5.74, 6) is -7.13. The fourth-order valence-electron chi connectivity index (χ4n) is 4.27. The highest BCUT2D eigenvalue weighted by Gasteiger charge is 2.32. The Hall–Kier alpha value is -5.24. The number of fused-ring (bicyclic) bond motifs is 1. The number of nitrogens with one attached hydrogen (secondary N) is 4. The molecule has 1 heterocycles. The smallest absolute Gasteiger partial charge is 0.326 e. The molecule has 0 radical (unpaired) electrons. The topological polar surface area (TPSA) is 241 Å². The minimum Gasteiger partial charge on any atom is -0.481 e. The van der Waals surface area contributed by atoms with Gasteiger partial charge in [0.25, 0.3) is 0 Å². The van der Waals surface area contributed by atoms with Crippen molar-refractivity contribution in [1.29, 1.82) is 0 Å². The van der Waals surface area contributed by atoms with Crippen molar-refractivity contribution in [2.45, 2.75) is 49.9 Å². The van der Waals surface area contributed by atoms with E-state index in [1.165, 1.54) is 0 Å². The SMILES string of the molecule is NC(CC(=O)O)C(=O)NC(Cc1ccccc1)C(=O)NC(CC(=O)O)C(=O)NC(Cc1c[nH]c2ccccc12)C(=O)O. The molecule has 14 heteroatoms. The summed E-state index contributed by atoms with van der Waals surface area (Å²) in [6.07, 6.45) is -0.218. The van der Waals surface area contributed by atoms with Crippen LogP contribution in [0.4, 0.5) is 0 Å². The monoisotopic (exact) mass is 581 g/mol. The predicted molar refractivity (Wildman–Crippen MR) is 148 cm³/mol. The Balaban J connectivity index is 1.78. The van der Waals surface area contributed by atoms with Crippen molar-refractivity contribution in [3.05, 3.63) is 71.9 Å². The van der Waals surface area contributed by atoms with Gasteiger partial charge in [-0.05, 0) is 17.2 Å². The van der Waals surface area contributed by atoms with Gasteiger partial charge in [0.1, 0.15) is 18.1 Å². The summed E-state index contributed by atoms with van der Waals surface area (Å²) < 4.78 is 0. The molecule has 1 aromatic heterocycles. The van der Waals surface area contributed by atoms with Gasteiger partial charge in [0.15, 0.2) is 0 Å². The van der Waals surface area contributed by atoms with Crippen LogP contribution in [0.1, 0.15) is 24.0 Å². The number of carbonyl (C=O) groups excluding carboxylic acids is 3. The summed E-state index contributed by atoms with van der Waals surface area (Å²) in [5, 5.41) is 35.8. The van der Waals surface area contributed by atoms with E-state index in [0.29, 0.717) is 11.1 Å². The second-order valence-electron chi connectivity index (χ2n) is 9.58. The summed E-state index contributed by atoms with van der Waals surface area (Å²) in [6, 6.07) is 9.54. The fourth-order valence-corrected chi connectivity index (χ4v) is 4.27. The molecule has 3 amide bonds. The molecule has 222 valence electrons. The lowest BCUT2D eigenvalue weighted by Gasteiger charge is -2.24. The van der Waals surface area contributed by atoms with Crippen molar-refractivity contribution >= 4 is 46.5 Å². The van der Waals surface area contributed by atoms with Crippen LogP contribution in [0.2, 0.25) is 0 Å². The number of aliphatic carboxylic acids is 3. The maximum absolute atomic E-state index is 13.3. The van der Waals surface area contributed by atoms with Crippen molar-refractivity contribution in [2.24, 2.45) is 5.73 Å². The molecule has 42 heavy (non-hydrogen) atoms. The third-order valence-electron chi connectivity index (χ3n) is 6.37. The highest BCUT2D eigenvalue weighted by molar-refractivity contribution is 5.96. The lowest BCUT2D eigenvalue weighted by atomic mass is 10.0. The van der Waals surface area contributed by atoms with Gasteiger partial charge in [0, 0.05) is 29.9 Å². The minimum atomic E-state index is -1.71. The number of para-hydroxylation sites is 1. The van der Waals surface area contributed by atoms with Crippen molar-refractivity contribution in [2.75, 3.05) is 0 Å². The molecule has 9 N–H and O–H groups in total. The second-order valence-corrected chi connectivity index (χ2v) is 9.58. The van der Waals surface area contributed by atoms with Gasteiger partial charge < -0.3 is 42.0 Å². The average molecular weight is 582 g/mol. The number of rotatable bonds is 15. The molecule has 4 atom stereocenters. The second kappa shape index (κ2) is 14.4. The Morgan fingerprint density at radius 3 is 1.90 bits per heavy atom. The molecule has 2 aromatic carbocycles. The third kappa shape index (κ3) is 8.89. The number of carbonyl (C=O) groups is 6. The van der Waals surface area contributed by atoms with Crippen LogP contribution in [0, 0.1) is 0 Å². The van der Waals surface area contributed by atoms with E-state index in [-0.39, 0.29) is 12.8 Å². The number of aromatic nitrogens is 1. The van der Waals surface area contributed by atoms with Gasteiger partial charge in [-0.1, -0.05) is 48.5 Å². The molecular formula is C28H31N5O9. The van der Waals surface area contributed by atoms with E-state index in [1.807, 2.05) is 0 Å². The molecule has 14 nitrogen and oxygen atoms in total. The maximum atomic E-state index is 13.3. The van der Waals surface area contributed by atoms with Gasteiger partial charge >= 0.3 is 17.9 Å². The van der Waals surface area contributed by atoms with Gasteiger partial charge in [0.2, 0.25) is 17.7 Å². The van der Waals surface area contributed by atoms with Crippen LogP contribution >= 0.6 is 0 Å². The number of benzene rings is 2. The standard InChI is InChI=1S/C28H31N5O9/c29-18(12-23(34)35)25(38)31-20(10-15-6-2-1-3-7-15)26(39)32-21(13-24(36)37)27(40)33-22(28(41)42)11-16-14-30-19-9-5-4-8-17(16)19/h1-9,14,18,20-22,30H,10-13,29H2,(H,31,38)(H,32,39)(H,33,40)(H,34,35)(H,36,37)(H,41,42). The number of carboxylic acid groups (broad SMARTS) is 3. The van der Waals surface area contributed by atoms with Crippen LogP contribution in [0.3, 0.4) is 0 Å². The Labute approximate surface area is 239 Å². The number of amides is 3. The van der Waals surface area contributed by atoms with Gasteiger partial charge in [-0.15, -0.1) is 0 Å². The summed E-state index contributed by atoms with van der Waals surface area (Å²) in [4.78, 5) is 76.5. The molecule has 0 spiro atoms. The van der Waals surface area contributed by atoms with Crippen LogP contribution in [-0.4, -0.2) is 80.1 Å². The minimum absolute atomic E-state index is 0.0993. The van der Waals surface area contributed by atoms with Crippen molar-refractivity contribution < 1.29 is 44.1 Å². The number of hydrogen-bond acceptors (Lipinski definition) is 7. The van der Waals surface area contributed by atoms with Gasteiger partial charge in [-0.3, -0.25) is 24.0 Å². The van der Waals surface area contributed by atoms with Crippen LogP contribution in [0.25, 0.3) is 10.9 Å². The molecule has 3 aromatic rings. The first-order valence-corrected chi connectivity index (χ1v) is 12.9. The number of H-pyrrole nitrogens is 1. The zero-order valence-corrected chi connectivity index (χ0v) is 22.3. The third-order valence-corrected chi connectivity index (χ3v) is 6.37. The Kier molecular flexibility index (Phi) is 10.7. The van der Waals surface area contributed by atoms with E-state index >= 15 is 0 Å². The zero-order chi connectivity index (χ0) is 30.8. The number of aromatic amines is 1. The highest BCUT2D eigenvalue weighted by atomic mass is 16.4. The summed E-state index contributed by atoms with van der Waals surface area (Å²) in [7, 11) is 0. The molecule has 0 saturated heterocycles. The Morgan fingerprint density at radius 1 is 0.690 bits per heavy atom. The highest BCUT2D eigenvalue weighted by Crippen LogP contribution is 2.19. The van der Waals surface area contributed by atoms with Crippen molar-refractivity contribution in [3.63, 3.8) is 0 Å². The molecular weight excluding hydrogens is 550 g/mol. The fraction of sp³-hybridized carbons (Fsp3) is 0.286. The first-order chi connectivity index (χ1) is 19.9. The lowest BCUT2D eigenvalue weighted by molar-refractivity contribution is -0.143. The maximum Gasteiger partial charge on any atom is 0.326 e. The average Bonchev–Trinajstić information content (AvgIpc) is 3.34. The van der Waals surface area contributed by atoms with E-state index in [9.17, 15) is 39.0 Å². The summed E-state index contributed by atoms with van der Waals surface area (Å²) >= 11 is 0. The first kappa shape index (κ1) is 31.3. The molecule has 0 bridgehead atoms.